The Bertz CT molecular complexity index is 413. The molecule has 1 aromatic carbocycles. The van der Waals surface area contributed by atoms with Crippen molar-refractivity contribution < 1.29 is 9.47 Å². The van der Waals surface area contributed by atoms with E-state index in [9.17, 15) is 0 Å². The van der Waals surface area contributed by atoms with E-state index in [1.807, 2.05) is 12.1 Å². The van der Waals surface area contributed by atoms with E-state index in [2.05, 4.69) is 17.9 Å². The summed E-state index contributed by atoms with van der Waals surface area (Å²) in [4.78, 5) is 2.40. The van der Waals surface area contributed by atoms with E-state index >= 15 is 0 Å². The first-order chi connectivity index (χ1) is 9.13. The highest BCUT2D eigenvalue weighted by atomic mass is 16.5. The monoisotopic (exact) mass is 264 g/mol. The molecular formula is C15H24N2O2. The summed E-state index contributed by atoms with van der Waals surface area (Å²) in [5, 5.41) is 0. The minimum absolute atomic E-state index is 0.278. The number of piperidine rings is 1. The molecule has 2 atom stereocenters. The van der Waals surface area contributed by atoms with E-state index < -0.39 is 0 Å². The van der Waals surface area contributed by atoms with Crippen molar-refractivity contribution in [2.24, 2.45) is 11.7 Å². The van der Waals surface area contributed by atoms with Crippen molar-refractivity contribution in [3.63, 3.8) is 0 Å². The van der Waals surface area contributed by atoms with Crippen LogP contribution in [0, 0.1) is 5.92 Å². The van der Waals surface area contributed by atoms with Gasteiger partial charge in [-0.2, -0.15) is 0 Å². The summed E-state index contributed by atoms with van der Waals surface area (Å²) >= 11 is 0. The van der Waals surface area contributed by atoms with Gasteiger partial charge in [-0.3, -0.25) is 4.90 Å². The second-order valence-corrected chi connectivity index (χ2v) is 5.45. The average molecular weight is 264 g/mol. The fourth-order valence-electron chi connectivity index (χ4n) is 2.96. The average Bonchev–Trinajstić information content (AvgIpc) is 2.37. The van der Waals surface area contributed by atoms with Crippen molar-refractivity contribution in [3.8, 4) is 11.5 Å². The smallest absolute Gasteiger partial charge is 0.165 e. The van der Waals surface area contributed by atoms with Gasteiger partial charge in [-0.15, -0.1) is 0 Å². The maximum atomic E-state index is 6.10. The van der Waals surface area contributed by atoms with Gasteiger partial charge in [-0.1, -0.05) is 19.1 Å². The van der Waals surface area contributed by atoms with Crippen molar-refractivity contribution in [1.29, 1.82) is 0 Å². The Morgan fingerprint density at radius 1 is 1.26 bits per heavy atom. The lowest BCUT2D eigenvalue weighted by Crippen LogP contribution is -2.45. The molecule has 1 saturated heterocycles. The molecule has 2 rings (SSSR count). The number of para-hydroxylation sites is 1. The Morgan fingerprint density at radius 3 is 2.68 bits per heavy atom. The molecule has 4 nitrogen and oxygen atoms in total. The predicted molar refractivity (Wildman–Crippen MR) is 76.6 cm³/mol. The summed E-state index contributed by atoms with van der Waals surface area (Å²) in [5.41, 5.74) is 7.25. The first-order valence-electron chi connectivity index (χ1n) is 6.81. The predicted octanol–water partition coefficient (Wildman–Crippen LogP) is 1.87. The third kappa shape index (κ3) is 3.39. The van der Waals surface area contributed by atoms with Crippen LogP contribution in [0.2, 0.25) is 0 Å². The Hall–Kier alpha value is -1.26. The number of likely N-dealkylation sites (tertiary alicyclic amines) is 1. The van der Waals surface area contributed by atoms with Crippen LogP contribution in [0.1, 0.15) is 18.9 Å². The number of rotatable bonds is 4. The zero-order valence-corrected chi connectivity index (χ0v) is 12.1. The van der Waals surface area contributed by atoms with Crippen LogP contribution in [-0.4, -0.2) is 38.3 Å². The molecule has 106 valence electrons. The Morgan fingerprint density at radius 2 is 2.05 bits per heavy atom. The van der Waals surface area contributed by atoms with E-state index in [1.165, 1.54) is 0 Å². The van der Waals surface area contributed by atoms with Crippen LogP contribution in [0.3, 0.4) is 0 Å². The SMILES string of the molecule is COc1cccc(CN2CC(C)CC(N)C2)c1OC. The van der Waals surface area contributed by atoms with Crippen LogP contribution in [0.5, 0.6) is 11.5 Å². The molecule has 0 radical (unpaired) electrons. The molecule has 0 amide bonds. The molecule has 19 heavy (non-hydrogen) atoms. The normalized spacial score (nSPS) is 24.2. The molecule has 2 N–H and O–H groups in total. The number of benzene rings is 1. The molecular weight excluding hydrogens is 240 g/mol. The van der Waals surface area contributed by atoms with Crippen molar-refractivity contribution in [2.75, 3.05) is 27.3 Å². The molecule has 1 aromatic rings. The fraction of sp³-hybridized carbons (Fsp3) is 0.600. The van der Waals surface area contributed by atoms with Crippen molar-refractivity contribution in [3.05, 3.63) is 23.8 Å². The Kier molecular flexibility index (Phi) is 4.66. The maximum Gasteiger partial charge on any atom is 0.165 e. The summed E-state index contributed by atoms with van der Waals surface area (Å²) in [6.07, 6.45) is 1.12. The van der Waals surface area contributed by atoms with E-state index in [4.69, 9.17) is 15.2 Å². The minimum Gasteiger partial charge on any atom is -0.493 e. The molecule has 0 spiro atoms. The highest BCUT2D eigenvalue weighted by Gasteiger charge is 2.23. The minimum atomic E-state index is 0.278. The standard InChI is InChI=1S/C15H24N2O2/c1-11-7-13(16)10-17(8-11)9-12-5-4-6-14(18-2)15(12)19-3/h4-6,11,13H,7-10,16H2,1-3H3. The molecule has 0 bridgehead atoms. The van der Waals surface area contributed by atoms with E-state index in [1.54, 1.807) is 14.2 Å². The fourth-order valence-corrected chi connectivity index (χ4v) is 2.96. The summed E-state index contributed by atoms with van der Waals surface area (Å²) in [6.45, 7) is 5.16. The summed E-state index contributed by atoms with van der Waals surface area (Å²) in [5.74, 6) is 2.27. The summed E-state index contributed by atoms with van der Waals surface area (Å²) < 4.78 is 10.8. The molecule has 1 heterocycles. The van der Waals surface area contributed by atoms with Crippen LogP contribution in [0.4, 0.5) is 0 Å². The van der Waals surface area contributed by atoms with Gasteiger partial charge in [0.25, 0.3) is 0 Å². The van der Waals surface area contributed by atoms with Crippen molar-refractivity contribution in [2.45, 2.75) is 25.9 Å². The largest absolute Gasteiger partial charge is 0.493 e. The number of nitrogens with zero attached hydrogens (tertiary/aromatic N) is 1. The second kappa shape index (κ2) is 6.26. The van der Waals surface area contributed by atoms with Gasteiger partial charge in [-0.25, -0.2) is 0 Å². The van der Waals surface area contributed by atoms with Gasteiger partial charge >= 0.3 is 0 Å². The first-order valence-corrected chi connectivity index (χ1v) is 6.81. The van der Waals surface area contributed by atoms with Crippen LogP contribution >= 0.6 is 0 Å². The molecule has 1 aliphatic rings. The molecule has 2 unspecified atom stereocenters. The summed E-state index contributed by atoms with van der Waals surface area (Å²) in [6, 6.07) is 6.30. The molecule has 1 aliphatic heterocycles. The molecule has 0 aromatic heterocycles. The van der Waals surface area contributed by atoms with E-state index in [0.717, 1.165) is 43.1 Å². The van der Waals surface area contributed by atoms with Crippen LogP contribution in [0.25, 0.3) is 0 Å². The zero-order valence-electron chi connectivity index (χ0n) is 12.1. The molecule has 4 heteroatoms. The number of ether oxygens (including phenoxy) is 2. The zero-order chi connectivity index (χ0) is 13.8. The highest BCUT2D eigenvalue weighted by molar-refractivity contribution is 5.46. The lowest BCUT2D eigenvalue weighted by atomic mass is 9.96. The highest BCUT2D eigenvalue weighted by Crippen LogP contribution is 2.32. The van der Waals surface area contributed by atoms with E-state index in [0.29, 0.717) is 5.92 Å². The number of nitrogens with two attached hydrogens (primary N) is 1. The van der Waals surface area contributed by atoms with Gasteiger partial charge in [0.1, 0.15) is 0 Å². The number of methoxy groups -OCH3 is 2. The third-order valence-electron chi connectivity index (χ3n) is 3.65. The first kappa shape index (κ1) is 14.2. The Balaban J connectivity index is 2.14. The van der Waals surface area contributed by atoms with Crippen molar-refractivity contribution >= 4 is 0 Å². The number of hydrogen-bond donors (Lipinski definition) is 1. The van der Waals surface area contributed by atoms with Crippen molar-refractivity contribution in [1.82, 2.24) is 4.90 Å². The molecule has 0 saturated carbocycles. The van der Waals surface area contributed by atoms with E-state index in [-0.39, 0.29) is 6.04 Å². The van der Waals surface area contributed by atoms with Gasteiger partial charge < -0.3 is 15.2 Å². The maximum absolute atomic E-state index is 6.10. The Labute approximate surface area is 115 Å². The molecule has 0 aliphatic carbocycles. The topological polar surface area (TPSA) is 47.7 Å². The van der Waals surface area contributed by atoms with Gasteiger partial charge in [0, 0.05) is 31.2 Å². The second-order valence-electron chi connectivity index (χ2n) is 5.45. The summed E-state index contributed by atoms with van der Waals surface area (Å²) in [7, 11) is 3.35. The van der Waals surface area contributed by atoms with Crippen LogP contribution < -0.4 is 15.2 Å². The van der Waals surface area contributed by atoms with Crippen LogP contribution in [-0.2, 0) is 6.54 Å². The van der Waals surface area contributed by atoms with Crippen LogP contribution in [0.15, 0.2) is 18.2 Å². The van der Waals surface area contributed by atoms with Gasteiger partial charge in [-0.05, 0) is 18.4 Å². The molecule has 1 fully saturated rings. The van der Waals surface area contributed by atoms with Gasteiger partial charge in [0.15, 0.2) is 11.5 Å². The quantitative estimate of drug-likeness (QED) is 0.902. The lowest BCUT2D eigenvalue weighted by Gasteiger charge is -2.35. The lowest BCUT2D eigenvalue weighted by molar-refractivity contribution is 0.156. The van der Waals surface area contributed by atoms with Gasteiger partial charge in [0.2, 0.25) is 0 Å². The third-order valence-corrected chi connectivity index (χ3v) is 3.65. The van der Waals surface area contributed by atoms with Gasteiger partial charge in [0.05, 0.1) is 14.2 Å². The number of hydrogen-bond acceptors (Lipinski definition) is 4.